The highest BCUT2D eigenvalue weighted by Gasteiger charge is 2.30. The number of aliphatic hydroxyl groups excluding tert-OH is 1. The third-order valence-electron chi connectivity index (χ3n) is 2.83. The number of thiazole rings is 1. The quantitative estimate of drug-likeness (QED) is 0.829. The van der Waals surface area contributed by atoms with Crippen LogP contribution in [0.3, 0.4) is 0 Å². The van der Waals surface area contributed by atoms with Gasteiger partial charge in [0.1, 0.15) is 0 Å². The van der Waals surface area contributed by atoms with E-state index in [9.17, 15) is 8.42 Å². The van der Waals surface area contributed by atoms with Crippen molar-refractivity contribution in [3.63, 3.8) is 0 Å². The fourth-order valence-corrected chi connectivity index (χ4v) is 4.87. The molecule has 0 bridgehead atoms. The summed E-state index contributed by atoms with van der Waals surface area (Å²) < 4.78 is 26.6. The van der Waals surface area contributed by atoms with Crippen LogP contribution >= 0.6 is 11.3 Å². The summed E-state index contributed by atoms with van der Waals surface area (Å²) in [5.74, 6) is 0. The van der Waals surface area contributed by atoms with Gasteiger partial charge in [0, 0.05) is 12.6 Å². The summed E-state index contributed by atoms with van der Waals surface area (Å²) >= 11 is 1.16. The van der Waals surface area contributed by atoms with Gasteiger partial charge in [0.2, 0.25) is 0 Å². The van der Waals surface area contributed by atoms with E-state index >= 15 is 0 Å². The normalized spacial score (nSPS) is 12.6. The van der Waals surface area contributed by atoms with Gasteiger partial charge < -0.3 is 5.11 Å². The molecule has 0 aliphatic rings. The Balaban J connectivity index is 3.11. The average Bonchev–Trinajstić information content (AvgIpc) is 2.77. The Morgan fingerprint density at radius 2 is 2.06 bits per heavy atom. The van der Waals surface area contributed by atoms with Crippen molar-refractivity contribution >= 4 is 21.4 Å². The van der Waals surface area contributed by atoms with E-state index in [1.165, 1.54) is 10.5 Å². The van der Waals surface area contributed by atoms with E-state index in [0.717, 1.165) is 29.2 Å². The van der Waals surface area contributed by atoms with Gasteiger partial charge in [0.15, 0.2) is 4.21 Å². The lowest BCUT2D eigenvalue weighted by molar-refractivity contribution is 0.220. The molecule has 1 rings (SSSR count). The van der Waals surface area contributed by atoms with E-state index < -0.39 is 10.0 Å². The van der Waals surface area contributed by atoms with Crippen LogP contribution in [-0.4, -0.2) is 42.0 Å². The van der Waals surface area contributed by atoms with E-state index in [0.29, 0.717) is 0 Å². The molecule has 1 N–H and O–H groups in total. The third-order valence-corrected chi connectivity index (χ3v) is 6.13. The van der Waals surface area contributed by atoms with Gasteiger partial charge in [0.05, 0.1) is 17.8 Å². The molecule has 0 spiro atoms. The maximum atomic E-state index is 12.5. The molecule has 5 nitrogen and oxygen atoms in total. The lowest BCUT2D eigenvalue weighted by Crippen LogP contribution is -2.41. The van der Waals surface area contributed by atoms with Crippen LogP contribution in [0.1, 0.15) is 31.7 Å². The van der Waals surface area contributed by atoms with E-state index in [1.807, 2.05) is 13.8 Å². The number of hydrogen-bond donors (Lipinski definition) is 1. The highest BCUT2D eigenvalue weighted by atomic mass is 32.2. The molecule has 0 aromatic carbocycles. The second-order valence-corrected chi connectivity index (χ2v) is 7.36. The molecule has 0 saturated heterocycles. The van der Waals surface area contributed by atoms with Gasteiger partial charge >= 0.3 is 0 Å². The number of aliphatic hydroxyl groups is 1. The number of aromatic nitrogens is 1. The average molecular weight is 292 g/mol. The molecule has 104 valence electrons. The van der Waals surface area contributed by atoms with Crippen molar-refractivity contribution in [1.82, 2.24) is 9.29 Å². The summed E-state index contributed by atoms with van der Waals surface area (Å²) in [7, 11) is -3.54. The van der Waals surface area contributed by atoms with Gasteiger partial charge in [-0.1, -0.05) is 13.8 Å². The van der Waals surface area contributed by atoms with E-state index in [1.54, 1.807) is 6.92 Å². The summed E-state index contributed by atoms with van der Waals surface area (Å²) in [6.07, 6.45) is 2.85. The molecular weight excluding hydrogens is 272 g/mol. The van der Waals surface area contributed by atoms with Gasteiger partial charge in [-0.2, -0.15) is 4.31 Å². The lowest BCUT2D eigenvalue weighted by atomic mass is 10.2. The van der Waals surface area contributed by atoms with Crippen LogP contribution in [0.25, 0.3) is 0 Å². The number of rotatable bonds is 7. The number of nitrogens with zero attached hydrogens (tertiary/aromatic N) is 2. The van der Waals surface area contributed by atoms with Crippen molar-refractivity contribution in [3.8, 4) is 0 Å². The highest BCUT2D eigenvalue weighted by molar-refractivity contribution is 7.91. The van der Waals surface area contributed by atoms with Gasteiger partial charge in [-0.05, 0) is 19.8 Å². The standard InChI is InChI=1S/C11H20N2O3S2/c1-4-10(5-2)13(6-7-14)18(15,16)11-8-12-9(3)17-11/h8,10,14H,4-7H2,1-3H3. The molecule has 0 aliphatic heterocycles. The largest absolute Gasteiger partial charge is 0.395 e. The van der Waals surface area contributed by atoms with Crippen LogP contribution in [0.5, 0.6) is 0 Å². The summed E-state index contributed by atoms with van der Waals surface area (Å²) in [5, 5.41) is 9.80. The second kappa shape index (κ2) is 6.60. The van der Waals surface area contributed by atoms with Crippen molar-refractivity contribution in [2.75, 3.05) is 13.2 Å². The zero-order valence-electron chi connectivity index (χ0n) is 11.0. The predicted octanol–water partition coefficient (Wildman–Crippen LogP) is 1.62. The summed E-state index contributed by atoms with van der Waals surface area (Å²) in [6.45, 7) is 5.63. The topological polar surface area (TPSA) is 70.5 Å². The number of aryl methyl sites for hydroxylation is 1. The van der Waals surface area contributed by atoms with Crippen LogP contribution in [-0.2, 0) is 10.0 Å². The smallest absolute Gasteiger partial charge is 0.254 e. The molecule has 0 unspecified atom stereocenters. The maximum Gasteiger partial charge on any atom is 0.254 e. The zero-order valence-corrected chi connectivity index (χ0v) is 12.6. The minimum absolute atomic E-state index is 0.0791. The van der Waals surface area contributed by atoms with Crippen molar-refractivity contribution < 1.29 is 13.5 Å². The fourth-order valence-electron chi connectivity index (χ4n) is 1.87. The Morgan fingerprint density at radius 1 is 1.44 bits per heavy atom. The minimum Gasteiger partial charge on any atom is -0.395 e. The van der Waals surface area contributed by atoms with Crippen LogP contribution in [0.2, 0.25) is 0 Å². The Bertz CT molecular complexity index is 466. The number of hydrogen-bond acceptors (Lipinski definition) is 5. The SMILES string of the molecule is CCC(CC)N(CCO)S(=O)(=O)c1cnc(C)s1. The van der Waals surface area contributed by atoms with Gasteiger partial charge in [0.25, 0.3) is 10.0 Å². The third kappa shape index (κ3) is 3.28. The summed E-state index contributed by atoms with van der Waals surface area (Å²) in [6, 6.07) is -0.0791. The second-order valence-electron chi connectivity index (χ2n) is 4.01. The van der Waals surface area contributed by atoms with Crippen LogP contribution in [0.15, 0.2) is 10.4 Å². The minimum atomic E-state index is -3.54. The molecule has 1 aromatic rings. The van der Waals surface area contributed by atoms with Crippen molar-refractivity contribution in [2.45, 2.75) is 43.9 Å². The molecule has 18 heavy (non-hydrogen) atoms. The first-order valence-corrected chi connectivity index (χ1v) is 8.28. The van der Waals surface area contributed by atoms with Crippen molar-refractivity contribution in [1.29, 1.82) is 0 Å². The molecule has 0 radical (unpaired) electrons. The summed E-state index contributed by atoms with van der Waals surface area (Å²) in [4.78, 5) is 3.99. The first-order valence-electron chi connectivity index (χ1n) is 6.02. The van der Waals surface area contributed by atoms with E-state index in [4.69, 9.17) is 5.11 Å². The molecule has 0 aliphatic carbocycles. The van der Waals surface area contributed by atoms with Crippen LogP contribution in [0, 0.1) is 6.92 Å². The van der Waals surface area contributed by atoms with E-state index in [-0.39, 0.29) is 23.4 Å². The van der Waals surface area contributed by atoms with Gasteiger partial charge in [-0.15, -0.1) is 11.3 Å². The fraction of sp³-hybridized carbons (Fsp3) is 0.727. The lowest BCUT2D eigenvalue weighted by Gasteiger charge is -2.28. The molecule has 1 aromatic heterocycles. The molecule has 0 fully saturated rings. The van der Waals surface area contributed by atoms with Crippen molar-refractivity contribution in [3.05, 3.63) is 11.2 Å². The maximum absolute atomic E-state index is 12.5. The molecule has 0 saturated carbocycles. The van der Waals surface area contributed by atoms with Gasteiger partial charge in [-0.25, -0.2) is 13.4 Å². The molecule has 0 atom stereocenters. The Hall–Kier alpha value is -0.500. The molecule has 0 amide bonds. The number of sulfonamides is 1. The Morgan fingerprint density at radius 3 is 2.44 bits per heavy atom. The predicted molar refractivity (Wildman–Crippen MR) is 72.2 cm³/mol. The van der Waals surface area contributed by atoms with Gasteiger partial charge in [-0.3, -0.25) is 0 Å². The first-order chi connectivity index (χ1) is 8.47. The molecule has 1 heterocycles. The summed E-state index contributed by atoms with van der Waals surface area (Å²) in [5.41, 5.74) is 0. The Labute approximate surface area is 113 Å². The molecular formula is C11H20N2O3S2. The highest BCUT2D eigenvalue weighted by Crippen LogP contribution is 2.25. The Kier molecular flexibility index (Phi) is 5.71. The van der Waals surface area contributed by atoms with Crippen LogP contribution < -0.4 is 0 Å². The first kappa shape index (κ1) is 15.6. The monoisotopic (exact) mass is 292 g/mol. The molecule has 7 heteroatoms. The van der Waals surface area contributed by atoms with Crippen LogP contribution in [0.4, 0.5) is 0 Å². The van der Waals surface area contributed by atoms with E-state index in [2.05, 4.69) is 4.98 Å². The van der Waals surface area contributed by atoms with Crippen molar-refractivity contribution in [2.24, 2.45) is 0 Å². The zero-order chi connectivity index (χ0) is 13.8.